The maximum Gasteiger partial charge on any atom is 0.251 e. The fraction of sp³-hybridized carbons (Fsp3) is 0.500. The number of rotatable bonds is 10. The van der Waals surface area contributed by atoms with Crippen LogP contribution in [-0.4, -0.2) is 56.5 Å². The second-order valence-electron chi connectivity index (χ2n) is 9.43. The fourth-order valence-corrected chi connectivity index (χ4v) is 4.95. The van der Waals surface area contributed by atoms with E-state index in [1.54, 1.807) is 19.2 Å². The molecule has 2 N–H and O–H groups in total. The molecule has 2 aromatic rings. The van der Waals surface area contributed by atoms with Gasteiger partial charge in [0.15, 0.2) is 0 Å². The average molecular weight is 497 g/mol. The number of fused-ring (bicyclic) bond motifs is 1. The standard InChI is InChI=1S/C28H37FN4O3/c1-3-14-33(19-23-24(29)5-4-6-27(23)35-2)15-13-30-28(34)22-8-10-26-21(18-22)7-9-25(31-32-26)20-11-16-36-17-12-20/h4-6,8,10,18,20,32H,3,7,9,11-17,19H2,1-2H3,(H,30,34). The molecule has 4 rings (SSSR count). The Labute approximate surface area is 213 Å². The van der Waals surface area contributed by atoms with Crippen LogP contribution in [0.3, 0.4) is 0 Å². The van der Waals surface area contributed by atoms with Gasteiger partial charge in [0.05, 0.1) is 12.8 Å². The zero-order chi connectivity index (χ0) is 25.3. The van der Waals surface area contributed by atoms with Crippen molar-refractivity contribution in [1.29, 1.82) is 0 Å². The van der Waals surface area contributed by atoms with Crippen LogP contribution in [0.1, 0.15) is 54.1 Å². The first-order valence-corrected chi connectivity index (χ1v) is 12.9. The van der Waals surface area contributed by atoms with Gasteiger partial charge in [0.1, 0.15) is 11.6 Å². The SMILES string of the molecule is CCCN(CCNC(=O)c1ccc2c(c1)CCC(C1CCOCC1)=NN2)Cc1c(F)cccc1OC. The van der Waals surface area contributed by atoms with Crippen LogP contribution in [0.4, 0.5) is 10.1 Å². The first kappa shape index (κ1) is 26.1. The molecule has 194 valence electrons. The molecule has 2 aliphatic rings. The third kappa shape index (κ3) is 6.62. The summed E-state index contributed by atoms with van der Waals surface area (Å²) in [6.07, 6.45) is 4.71. The Kier molecular flexibility index (Phi) is 9.30. The van der Waals surface area contributed by atoms with Crippen molar-refractivity contribution in [3.8, 4) is 5.75 Å². The lowest BCUT2D eigenvalue weighted by atomic mass is 9.91. The summed E-state index contributed by atoms with van der Waals surface area (Å²) in [5.41, 5.74) is 7.66. The molecule has 0 aliphatic carbocycles. The number of carbonyl (C=O) groups is 1. The molecule has 1 amide bonds. The summed E-state index contributed by atoms with van der Waals surface area (Å²) in [7, 11) is 1.55. The summed E-state index contributed by atoms with van der Waals surface area (Å²) in [6, 6.07) is 10.6. The summed E-state index contributed by atoms with van der Waals surface area (Å²) in [5, 5.41) is 7.70. The molecule has 2 aliphatic heterocycles. The van der Waals surface area contributed by atoms with Gasteiger partial charge in [-0.1, -0.05) is 13.0 Å². The number of hydrogen-bond acceptors (Lipinski definition) is 6. The third-order valence-corrected chi connectivity index (χ3v) is 6.96. The number of halogens is 1. The van der Waals surface area contributed by atoms with Gasteiger partial charge in [-0.25, -0.2) is 4.39 Å². The van der Waals surface area contributed by atoms with Crippen LogP contribution in [0.2, 0.25) is 0 Å². The normalized spacial score (nSPS) is 16.1. The molecule has 36 heavy (non-hydrogen) atoms. The number of nitrogens with zero attached hydrogens (tertiary/aromatic N) is 2. The number of anilines is 1. The molecule has 8 heteroatoms. The Balaban J connectivity index is 1.32. The Bertz CT molecular complexity index is 1070. The van der Waals surface area contributed by atoms with E-state index in [1.165, 1.54) is 11.8 Å². The van der Waals surface area contributed by atoms with E-state index in [-0.39, 0.29) is 11.7 Å². The summed E-state index contributed by atoms with van der Waals surface area (Å²) < 4.78 is 25.2. The molecular weight excluding hydrogens is 459 g/mol. The lowest BCUT2D eigenvalue weighted by Crippen LogP contribution is -2.35. The van der Waals surface area contributed by atoms with Crippen molar-refractivity contribution in [3.05, 3.63) is 58.9 Å². The van der Waals surface area contributed by atoms with Crippen molar-refractivity contribution >= 4 is 17.3 Å². The maximum absolute atomic E-state index is 14.4. The predicted molar refractivity (Wildman–Crippen MR) is 140 cm³/mol. The molecule has 0 radical (unpaired) electrons. The van der Waals surface area contributed by atoms with E-state index >= 15 is 0 Å². The Hall–Kier alpha value is -2.97. The molecular formula is C28H37FN4O3. The van der Waals surface area contributed by atoms with Crippen LogP contribution in [0.5, 0.6) is 5.75 Å². The first-order chi connectivity index (χ1) is 17.6. The van der Waals surface area contributed by atoms with Gasteiger partial charge in [-0.3, -0.25) is 15.1 Å². The quantitative estimate of drug-likeness (QED) is 0.502. The van der Waals surface area contributed by atoms with Crippen molar-refractivity contribution in [1.82, 2.24) is 10.2 Å². The number of benzene rings is 2. The number of methoxy groups -OCH3 is 1. The van der Waals surface area contributed by atoms with Gasteiger partial charge in [0, 0.05) is 55.6 Å². The van der Waals surface area contributed by atoms with Gasteiger partial charge in [0.25, 0.3) is 5.91 Å². The Morgan fingerprint density at radius 3 is 2.83 bits per heavy atom. The second-order valence-corrected chi connectivity index (χ2v) is 9.43. The highest BCUT2D eigenvalue weighted by Gasteiger charge is 2.22. The van der Waals surface area contributed by atoms with Gasteiger partial charge >= 0.3 is 0 Å². The van der Waals surface area contributed by atoms with Crippen molar-refractivity contribution in [3.63, 3.8) is 0 Å². The highest BCUT2D eigenvalue weighted by Crippen LogP contribution is 2.27. The van der Waals surface area contributed by atoms with Gasteiger partial charge < -0.3 is 14.8 Å². The van der Waals surface area contributed by atoms with Crippen LogP contribution < -0.4 is 15.5 Å². The van der Waals surface area contributed by atoms with Crippen LogP contribution in [-0.2, 0) is 17.7 Å². The number of ether oxygens (including phenoxy) is 2. The summed E-state index contributed by atoms with van der Waals surface area (Å²) in [6.45, 7) is 6.00. The summed E-state index contributed by atoms with van der Waals surface area (Å²) in [4.78, 5) is 15.0. The van der Waals surface area contributed by atoms with E-state index in [0.29, 0.717) is 42.4 Å². The number of aryl methyl sites for hydroxylation is 1. The predicted octanol–water partition coefficient (Wildman–Crippen LogP) is 4.62. The minimum atomic E-state index is -0.276. The van der Waals surface area contributed by atoms with E-state index in [4.69, 9.17) is 9.47 Å². The molecule has 0 bridgehead atoms. The van der Waals surface area contributed by atoms with E-state index in [9.17, 15) is 9.18 Å². The van der Waals surface area contributed by atoms with Gasteiger partial charge in [0.2, 0.25) is 0 Å². The van der Waals surface area contributed by atoms with E-state index in [1.807, 2.05) is 18.2 Å². The fourth-order valence-electron chi connectivity index (χ4n) is 4.95. The van der Waals surface area contributed by atoms with E-state index in [0.717, 1.165) is 63.1 Å². The average Bonchev–Trinajstić information content (AvgIpc) is 3.12. The number of nitrogens with one attached hydrogen (secondary N) is 2. The number of hydrazone groups is 1. The summed E-state index contributed by atoms with van der Waals surface area (Å²) in [5.74, 6) is 0.635. The molecule has 1 fully saturated rings. The van der Waals surface area contributed by atoms with Crippen molar-refractivity contribution in [2.45, 2.75) is 45.6 Å². The zero-order valence-corrected chi connectivity index (χ0v) is 21.3. The minimum absolute atomic E-state index is 0.104. The van der Waals surface area contributed by atoms with Gasteiger partial charge in [-0.15, -0.1) is 0 Å². The van der Waals surface area contributed by atoms with Crippen LogP contribution in [0.25, 0.3) is 0 Å². The smallest absolute Gasteiger partial charge is 0.251 e. The third-order valence-electron chi connectivity index (χ3n) is 6.96. The Morgan fingerprint density at radius 1 is 1.22 bits per heavy atom. The largest absolute Gasteiger partial charge is 0.496 e. The molecule has 7 nitrogen and oxygen atoms in total. The first-order valence-electron chi connectivity index (χ1n) is 12.9. The molecule has 0 unspecified atom stereocenters. The molecule has 0 atom stereocenters. The highest BCUT2D eigenvalue weighted by molar-refractivity contribution is 5.95. The lowest BCUT2D eigenvalue weighted by Gasteiger charge is -2.23. The van der Waals surface area contributed by atoms with Crippen molar-refractivity contribution in [2.24, 2.45) is 11.0 Å². The Morgan fingerprint density at radius 2 is 2.06 bits per heavy atom. The molecule has 0 spiro atoms. The van der Waals surface area contributed by atoms with E-state index < -0.39 is 0 Å². The highest BCUT2D eigenvalue weighted by atomic mass is 19.1. The van der Waals surface area contributed by atoms with Crippen LogP contribution in [0, 0.1) is 11.7 Å². The molecule has 0 aromatic heterocycles. The molecule has 2 heterocycles. The van der Waals surface area contributed by atoms with Crippen molar-refractivity contribution in [2.75, 3.05) is 45.4 Å². The summed E-state index contributed by atoms with van der Waals surface area (Å²) >= 11 is 0. The minimum Gasteiger partial charge on any atom is -0.496 e. The number of hydrogen-bond donors (Lipinski definition) is 2. The van der Waals surface area contributed by atoms with Crippen molar-refractivity contribution < 1.29 is 18.7 Å². The second kappa shape index (κ2) is 12.8. The number of carbonyl (C=O) groups excluding carboxylic acids is 1. The molecule has 0 saturated carbocycles. The molecule has 1 saturated heterocycles. The topological polar surface area (TPSA) is 75.2 Å². The molecule has 2 aromatic carbocycles. The van der Waals surface area contributed by atoms with Crippen LogP contribution in [0.15, 0.2) is 41.5 Å². The van der Waals surface area contributed by atoms with E-state index in [2.05, 4.69) is 27.7 Å². The van der Waals surface area contributed by atoms with Crippen LogP contribution >= 0.6 is 0 Å². The number of amides is 1. The maximum atomic E-state index is 14.4. The van der Waals surface area contributed by atoms with Gasteiger partial charge in [-0.2, -0.15) is 5.10 Å². The zero-order valence-electron chi connectivity index (χ0n) is 21.3. The lowest BCUT2D eigenvalue weighted by molar-refractivity contribution is 0.0823. The monoisotopic (exact) mass is 496 g/mol. The van der Waals surface area contributed by atoms with Gasteiger partial charge in [-0.05, 0) is 74.5 Å².